The number of amides is 2. The van der Waals surface area contributed by atoms with Crippen LogP contribution >= 0.6 is 11.6 Å². The predicted molar refractivity (Wildman–Crippen MR) is 153 cm³/mol. The zero-order valence-electron chi connectivity index (χ0n) is 24.7. The summed E-state index contributed by atoms with van der Waals surface area (Å²) < 4.78 is 97.1. The standard InChI is InChI=1S/C27H34ClF5N4O7S/c1-5-37-21(16-7-6-14(10-17(16)44-23(29)30)12-25(2,3)27(31,32)33)19(28)20(36-37)22(38)34-13-26(41)9-8-15(45(4,42)43)11-18(26)35-24(39)40/h6-7,10,15,18,23,35,41H,5,8-9,11-13H2,1-4H3,(H,34,38)(H,39,40)/t15-,18-,26-/m0/s1. The maximum absolute atomic E-state index is 13.5. The van der Waals surface area contributed by atoms with E-state index in [9.17, 15) is 50.2 Å². The van der Waals surface area contributed by atoms with Gasteiger partial charge in [-0.2, -0.15) is 27.1 Å². The number of halogens is 6. The monoisotopic (exact) mass is 688 g/mol. The van der Waals surface area contributed by atoms with Crippen LogP contribution in [0.1, 0.15) is 56.1 Å². The molecule has 11 nitrogen and oxygen atoms in total. The Hall–Kier alpha value is -3.18. The number of aryl methyl sites for hydroxylation is 1. The quantitative estimate of drug-likeness (QED) is 0.248. The summed E-state index contributed by atoms with van der Waals surface area (Å²) in [4.78, 5) is 24.6. The second-order valence-corrected chi connectivity index (χ2v) is 14.3. The predicted octanol–water partition coefficient (Wildman–Crippen LogP) is 4.65. The third-order valence-electron chi connectivity index (χ3n) is 7.84. The van der Waals surface area contributed by atoms with Crippen molar-refractivity contribution >= 4 is 33.4 Å². The molecule has 2 aromatic rings. The van der Waals surface area contributed by atoms with Crippen LogP contribution in [-0.4, -0.2) is 82.9 Å². The van der Waals surface area contributed by atoms with Gasteiger partial charge in [0.15, 0.2) is 5.69 Å². The molecule has 3 rings (SSSR count). The lowest BCUT2D eigenvalue weighted by atomic mass is 9.80. The van der Waals surface area contributed by atoms with Crippen LogP contribution in [0.4, 0.5) is 26.7 Å². The number of nitrogens with one attached hydrogen (secondary N) is 2. The van der Waals surface area contributed by atoms with Gasteiger partial charge in [-0.3, -0.25) is 9.48 Å². The largest absolute Gasteiger partial charge is 0.465 e. The summed E-state index contributed by atoms with van der Waals surface area (Å²) >= 11 is 6.52. The average molecular weight is 689 g/mol. The molecule has 1 saturated carbocycles. The lowest BCUT2D eigenvalue weighted by Crippen LogP contribution is -2.62. The summed E-state index contributed by atoms with van der Waals surface area (Å²) in [6.07, 6.45) is -6.05. The third kappa shape index (κ3) is 8.35. The zero-order valence-corrected chi connectivity index (χ0v) is 26.3. The maximum atomic E-state index is 13.5. The van der Waals surface area contributed by atoms with Crippen molar-refractivity contribution in [3.05, 3.63) is 34.5 Å². The fraction of sp³-hybridized carbons (Fsp3) is 0.593. The Morgan fingerprint density at radius 1 is 1.27 bits per heavy atom. The first-order valence-corrected chi connectivity index (χ1v) is 16.0. The molecular formula is C27H34ClF5N4O7S. The molecule has 0 radical (unpaired) electrons. The van der Waals surface area contributed by atoms with Crippen molar-refractivity contribution < 1.29 is 54.9 Å². The maximum Gasteiger partial charge on any atom is 0.404 e. The topological polar surface area (TPSA) is 160 Å². The molecule has 4 N–H and O–H groups in total. The molecule has 0 saturated heterocycles. The van der Waals surface area contributed by atoms with Crippen LogP contribution in [0.3, 0.4) is 0 Å². The second-order valence-electron chi connectivity index (χ2n) is 11.6. The number of aliphatic hydroxyl groups is 1. The van der Waals surface area contributed by atoms with Crippen LogP contribution in [-0.2, 0) is 22.8 Å². The lowest BCUT2D eigenvalue weighted by Gasteiger charge is -2.42. The fourth-order valence-corrected chi connectivity index (χ4v) is 6.60. The van der Waals surface area contributed by atoms with E-state index in [1.165, 1.54) is 16.8 Å². The Labute approximate surface area is 261 Å². The van der Waals surface area contributed by atoms with Crippen molar-refractivity contribution in [2.75, 3.05) is 12.8 Å². The van der Waals surface area contributed by atoms with Crippen molar-refractivity contribution in [2.24, 2.45) is 5.41 Å². The van der Waals surface area contributed by atoms with Crippen LogP contribution in [0.25, 0.3) is 11.3 Å². The van der Waals surface area contributed by atoms with Gasteiger partial charge in [0.25, 0.3) is 5.91 Å². The molecule has 1 aliphatic rings. The molecule has 1 aliphatic carbocycles. The van der Waals surface area contributed by atoms with Gasteiger partial charge in [-0.1, -0.05) is 31.5 Å². The van der Waals surface area contributed by atoms with Crippen LogP contribution < -0.4 is 15.4 Å². The highest BCUT2D eigenvalue weighted by atomic mass is 35.5. The fourth-order valence-electron chi connectivity index (χ4n) is 5.19. The van der Waals surface area contributed by atoms with Crippen LogP contribution in [0.2, 0.25) is 5.02 Å². The Kier molecular flexibility index (Phi) is 10.7. The van der Waals surface area contributed by atoms with Gasteiger partial charge in [-0.15, -0.1) is 0 Å². The molecule has 18 heteroatoms. The molecule has 0 unspecified atom stereocenters. The highest BCUT2D eigenvalue weighted by molar-refractivity contribution is 7.91. The van der Waals surface area contributed by atoms with E-state index in [4.69, 9.17) is 11.6 Å². The number of rotatable bonds is 11. The number of hydrogen-bond acceptors (Lipinski definition) is 7. The zero-order chi connectivity index (χ0) is 34.1. The van der Waals surface area contributed by atoms with Crippen LogP contribution in [0.15, 0.2) is 18.2 Å². The van der Waals surface area contributed by atoms with Crippen molar-refractivity contribution in [1.29, 1.82) is 0 Å². The van der Waals surface area contributed by atoms with E-state index in [0.29, 0.717) is 0 Å². The van der Waals surface area contributed by atoms with Gasteiger partial charge < -0.3 is 25.6 Å². The van der Waals surface area contributed by atoms with E-state index in [-0.39, 0.29) is 47.7 Å². The van der Waals surface area contributed by atoms with E-state index < -0.39 is 81.3 Å². The number of hydrogen-bond donors (Lipinski definition) is 4. The van der Waals surface area contributed by atoms with Gasteiger partial charge >= 0.3 is 18.9 Å². The van der Waals surface area contributed by atoms with Crippen molar-refractivity contribution in [1.82, 2.24) is 20.4 Å². The minimum absolute atomic E-state index is 0.00142. The Balaban J connectivity index is 1.94. The SMILES string of the molecule is CCn1nc(C(=O)NC[C@@]2(O)CC[C@H](S(C)(=O)=O)C[C@@H]2NC(=O)O)c(Cl)c1-c1ccc(CC(C)(C)C(F)(F)F)cc1OC(F)F. The second kappa shape index (κ2) is 13.3. The molecule has 45 heavy (non-hydrogen) atoms. The first-order valence-electron chi connectivity index (χ1n) is 13.7. The van der Waals surface area contributed by atoms with Gasteiger partial charge in [-0.05, 0) is 50.3 Å². The van der Waals surface area contributed by atoms with E-state index in [2.05, 4.69) is 20.5 Å². The summed E-state index contributed by atoms with van der Waals surface area (Å²) in [6.45, 7) is -0.262. The number of ether oxygens (including phenoxy) is 1. The molecule has 0 aliphatic heterocycles. The molecule has 0 bridgehead atoms. The summed E-state index contributed by atoms with van der Waals surface area (Å²) in [7, 11) is -3.55. The van der Waals surface area contributed by atoms with Gasteiger partial charge in [0, 0.05) is 24.9 Å². The Morgan fingerprint density at radius 3 is 2.44 bits per heavy atom. The van der Waals surface area contributed by atoms with Gasteiger partial charge in [-0.25, -0.2) is 13.2 Å². The van der Waals surface area contributed by atoms with Crippen LogP contribution in [0, 0.1) is 5.41 Å². The number of carbonyl (C=O) groups excluding carboxylic acids is 1. The highest BCUT2D eigenvalue weighted by Gasteiger charge is 2.47. The smallest absolute Gasteiger partial charge is 0.404 e. The minimum atomic E-state index is -4.58. The lowest BCUT2D eigenvalue weighted by molar-refractivity contribution is -0.211. The summed E-state index contributed by atoms with van der Waals surface area (Å²) in [6, 6.07) is 2.32. The number of sulfone groups is 1. The molecule has 252 valence electrons. The molecule has 1 aromatic carbocycles. The highest BCUT2D eigenvalue weighted by Crippen LogP contribution is 2.43. The minimum Gasteiger partial charge on any atom is -0.465 e. The normalized spacial score (nSPS) is 21.1. The van der Waals surface area contributed by atoms with E-state index in [1.807, 2.05) is 0 Å². The summed E-state index contributed by atoms with van der Waals surface area (Å²) in [5.74, 6) is -1.43. The number of benzene rings is 1. The van der Waals surface area contributed by atoms with Crippen LogP contribution in [0.5, 0.6) is 5.75 Å². The molecule has 1 heterocycles. The summed E-state index contributed by atoms with van der Waals surface area (Å²) in [5.41, 5.74) is -4.52. The number of carbonyl (C=O) groups is 2. The van der Waals surface area contributed by atoms with Crippen molar-refractivity contribution in [2.45, 2.75) is 82.7 Å². The molecule has 1 aromatic heterocycles. The van der Waals surface area contributed by atoms with Crippen molar-refractivity contribution in [3.63, 3.8) is 0 Å². The van der Waals surface area contributed by atoms with E-state index in [1.54, 1.807) is 6.92 Å². The number of aromatic nitrogens is 2. The number of nitrogens with zero attached hydrogens (tertiary/aromatic N) is 2. The third-order valence-corrected chi connectivity index (χ3v) is 9.84. The number of alkyl halides is 5. The van der Waals surface area contributed by atoms with Gasteiger partial charge in [0.05, 0.1) is 27.4 Å². The first-order chi connectivity index (χ1) is 20.6. The molecule has 2 amide bonds. The Bertz CT molecular complexity index is 1530. The Morgan fingerprint density at radius 2 is 1.91 bits per heavy atom. The summed E-state index contributed by atoms with van der Waals surface area (Å²) in [5, 5.41) is 27.9. The molecule has 0 spiro atoms. The number of carboxylic acid groups (broad SMARTS) is 1. The van der Waals surface area contributed by atoms with Crippen molar-refractivity contribution in [3.8, 4) is 17.0 Å². The van der Waals surface area contributed by atoms with Gasteiger partial charge in [0.1, 0.15) is 21.2 Å². The molecule has 3 atom stereocenters. The van der Waals surface area contributed by atoms with E-state index >= 15 is 0 Å². The molecular weight excluding hydrogens is 655 g/mol. The van der Waals surface area contributed by atoms with Gasteiger partial charge in [0.2, 0.25) is 0 Å². The average Bonchev–Trinajstić information content (AvgIpc) is 3.22. The molecule has 1 fully saturated rings. The van der Waals surface area contributed by atoms with E-state index in [0.717, 1.165) is 26.2 Å². The first kappa shape index (κ1) is 36.3.